The van der Waals surface area contributed by atoms with Gasteiger partial charge in [-0.3, -0.25) is 20.2 Å². The van der Waals surface area contributed by atoms with Crippen molar-refractivity contribution in [3.8, 4) is 17.2 Å². The number of phenols is 1. The number of aromatic hydroxyl groups is 1. The van der Waals surface area contributed by atoms with E-state index in [0.717, 1.165) is 5.69 Å². The summed E-state index contributed by atoms with van der Waals surface area (Å²) in [6, 6.07) is 10.4. The van der Waals surface area contributed by atoms with Crippen LogP contribution in [-0.2, 0) is 5.41 Å². The van der Waals surface area contributed by atoms with Crippen LogP contribution in [0.4, 0.5) is 16.3 Å². The number of benzene rings is 2. The number of carbonyl (C=O) groups excluding carboxylic acids is 2. The van der Waals surface area contributed by atoms with E-state index in [-0.39, 0.29) is 21.8 Å². The van der Waals surface area contributed by atoms with E-state index in [4.69, 9.17) is 22.1 Å². The van der Waals surface area contributed by atoms with E-state index in [0.29, 0.717) is 33.9 Å². The lowest BCUT2D eigenvalue weighted by Gasteiger charge is -2.14. The number of urea groups is 1. The summed E-state index contributed by atoms with van der Waals surface area (Å²) in [5.41, 5.74) is 6.81. The average Bonchev–Trinajstić information content (AvgIpc) is 3.24. The van der Waals surface area contributed by atoms with E-state index in [1.54, 1.807) is 24.3 Å². The predicted molar refractivity (Wildman–Crippen MR) is 133 cm³/mol. The van der Waals surface area contributed by atoms with Crippen LogP contribution in [0.3, 0.4) is 0 Å². The maximum atomic E-state index is 12.4. The Labute approximate surface area is 205 Å². The van der Waals surface area contributed by atoms with Crippen LogP contribution in [0, 0.1) is 0 Å². The van der Waals surface area contributed by atoms with Crippen LogP contribution in [0.2, 0.25) is 5.02 Å². The Kier molecular flexibility index (Phi) is 6.23. The first-order chi connectivity index (χ1) is 16.5. The number of primary amides is 1. The number of ether oxygens (including phenoxy) is 1. The quantitative estimate of drug-likeness (QED) is 0.258. The molecule has 10 nitrogen and oxygen atoms in total. The Bertz CT molecular complexity index is 1440. The number of aromatic amines is 1. The first-order valence-electron chi connectivity index (χ1n) is 10.5. The molecule has 2 aromatic carbocycles. The summed E-state index contributed by atoms with van der Waals surface area (Å²) in [5, 5.41) is 23.0. The monoisotopic (exact) mass is 494 g/mol. The second-order valence-electron chi connectivity index (χ2n) is 8.80. The van der Waals surface area contributed by atoms with Gasteiger partial charge in [-0.25, -0.2) is 4.79 Å². The minimum atomic E-state index is -0.777. The zero-order valence-electron chi connectivity index (χ0n) is 19.1. The third-order valence-corrected chi connectivity index (χ3v) is 5.44. The summed E-state index contributed by atoms with van der Waals surface area (Å²) in [4.78, 5) is 28.2. The van der Waals surface area contributed by atoms with Gasteiger partial charge < -0.3 is 20.9 Å². The van der Waals surface area contributed by atoms with Crippen molar-refractivity contribution >= 4 is 45.9 Å². The molecule has 0 unspecified atom stereocenters. The number of nitrogens with one attached hydrogen (secondary N) is 3. The Morgan fingerprint density at radius 3 is 2.54 bits per heavy atom. The molecule has 11 heteroatoms. The van der Waals surface area contributed by atoms with Gasteiger partial charge in [-0.05, 0) is 24.3 Å². The van der Waals surface area contributed by atoms with Crippen LogP contribution in [0.15, 0.2) is 48.7 Å². The van der Waals surface area contributed by atoms with Crippen molar-refractivity contribution in [2.45, 2.75) is 26.2 Å². The fraction of sp³-hybridized carbons (Fsp3) is 0.167. The second-order valence-corrected chi connectivity index (χ2v) is 9.21. The summed E-state index contributed by atoms with van der Waals surface area (Å²) in [7, 11) is 0. The average molecular weight is 495 g/mol. The molecule has 0 aliphatic rings. The molecule has 0 radical (unpaired) electrons. The SMILES string of the molecule is CC(C)(C)c1cc(NC(=O)Nc2ccc(Oc3ccnc4cc(O)c(C(N)=O)cc34)cc2Cl)n[nH]1. The van der Waals surface area contributed by atoms with E-state index in [9.17, 15) is 14.7 Å². The first-order valence-corrected chi connectivity index (χ1v) is 10.9. The van der Waals surface area contributed by atoms with Gasteiger partial charge >= 0.3 is 6.03 Å². The number of aromatic nitrogens is 3. The van der Waals surface area contributed by atoms with Gasteiger partial charge in [0.2, 0.25) is 0 Å². The molecule has 0 fully saturated rings. The summed E-state index contributed by atoms with van der Waals surface area (Å²) >= 11 is 6.36. The summed E-state index contributed by atoms with van der Waals surface area (Å²) in [6.07, 6.45) is 1.50. The molecule has 0 atom stereocenters. The molecule has 0 aliphatic heterocycles. The Morgan fingerprint density at radius 1 is 1.11 bits per heavy atom. The molecule has 0 spiro atoms. The Morgan fingerprint density at radius 2 is 1.89 bits per heavy atom. The predicted octanol–water partition coefficient (Wildman–Crippen LogP) is 5.15. The molecule has 35 heavy (non-hydrogen) atoms. The molecule has 0 saturated heterocycles. The highest BCUT2D eigenvalue weighted by atomic mass is 35.5. The molecule has 0 bridgehead atoms. The minimum Gasteiger partial charge on any atom is -0.507 e. The van der Waals surface area contributed by atoms with E-state index < -0.39 is 11.9 Å². The highest BCUT2D eigenvalue weighted by Gasteiger charge is 2.18. The number of hydrogen-bond donors (Lipinski definition) is 5. The van der Waals surface area contributed by atoms with Crippen molar-refractivity contribution in [2.75, 3.05) is 10.6 Å². The highest BCUT2D eigenvalue weighted by Crippen LogP contribution is 2.35. The van der Waals surface area contributed by atoms with Crippen LogP contribution in [0.25, 0.3) is 10.9 Å². The summed E-state index contributed by atoms with van der Waals surface area (Å²) in [5.74, 6) is 0.0928. The van der Waals surface area contributed by atoms with Crippen LogP contribution < -0.4 is 21.1 Å². The Balaban J connectivity index is 1.50. The van der Waals surface area contributed by atoms with Crippen LogP contribution >= 0.6 is 11.6 Å². The fourth-order valence-electron chi connectivity index (χ4n) is 3.27. The molecular weight excluding hydrogens is 472 g/mol. The number of halogens is 1. The largest absolute Gasteiger partial charge is 0.507 e. The molecule has 3 amide bonds. The normalized spacial score (nSPS) is 11.3. The van der Waals surface area contributed by atoms with Gasteiger partial charge in [0.1, 0.15) is 17.2 Å². The third-order valence-electron chi connectivity index (χ3n) is 5.13. The van der Waals surface area contributed by atoms with Gasteiger partial charge in [0.15, 0.2) is 5.82 Å². The molecule has 6 N–H and O–H groups in total. The number of carbonyl (C=O) groups is 2. The number of amides is 3. The van der Waals surface area contributed by atoms with E-state index >= 15 is 0 Å². The van der Waals surface area contributed by atoms with E-state index in [1.165, 1.54) is 24.4 Å². The van der Waals surface area contributed by atoms with Crippen molar-refractivity contribution in [3.63, 3.8) is 0 Å². The first kappa shape index (κ1) is 23.8. The van der Waals surface area contributed by atoms with Gasteiger partial charge in [0.05, 0.1) is 21.8 Å². The lowest BCUT2D eigenvalue weighted by Crippen LogP contribution is -2.19. The van der Waals surface area contributed by atoms with Gasteiger partial charge in [0.25, 0.3) is 5.91 Å². The van der Waals surface area contributed by atoms with Crippen molar-refractivity contribution < 1.29 is 19.4 Å². The van der Waals surface area contributed by atoms with Crippen LogP contribution in [-0.4, -0.2) is 32.2 Å². The van der Waals surface area contributed by atoms with Crippen LogP contribution in [0.1, 0.15) is 36.8 Å². The molecule has 0 aliphatic carbocycles. The fourth-order valence-corrected chi connectivity index (χ4v) is 3.49. The molecule has 4 rings (SSSR count). The van der Waals surface area contributed by atoms with Gasteiger partial charge in [-0.15, -0.1) is 0 Å². The van der Waals surface area contributed by atoms with E-state index in [2.05, 4.69) is 25.8 Å². The summed E-state index contributed by atoms with van der Waals surface area (Å²) in [6.45, 7) is 6.09. The summed E-state index contributed by atoms with van der Waals surface area (Å²) < 4.78 is 5.94. The van der Waals surface area contributed by atoms with Gasteiger partial charge in [-0.2, -0.15) is 5.10 Å². The number of fused-ring (bicyclic) bond motifs is 1. The Hall–Kier alpha value is -4.31. The maximum absolute atomic E-state index is 12.4. The highest BCUT2D eigenvalue weighted by molar-refractivity contribution is 6.34. The maximum Gasteiger partial charge on any atom is 0.324 e. The number of anilines is 2. The second kappa shape index (κ2) is 9.15. The standard InChI is InChI=1S/C24H23ClN6O4/c1-24(2,3)20-11-21(31-30-20)29-23(34)28-16-5-4-12(8-15(16)25)35-19-6-7-27-17-10-18(32)14(22(26)33)9-13(17)19/h4-11,32H,1-3H3,(H2,26,33)(H3,28,29,30,31,34). The third kappa shape index (κ3) is 5.28. The molecule has 180 valence electrons. The number of rotatable bonds is 5. The van der Waals surface area contributed by atoms with E-state index in [1.807, 2.05) is 20.8 Å². The number of nitrogens with two attached hydrogens (primary N) is 1. The number of nitrogens with zero attached hydrogens (tertiary/aromatic N) is 2. The number of pyridine rings is 1. The van der Waals surface area contributed by atoms with Crippen LogP contribution in [0.5, 0.6) is 17.2 Å². The van der Waals surface area contributed by atoms with Gasteiger partial charge in [-0.1, -0.05) is 32.4 Å². The minimum absolute atomic E-state index is 0.0505. The van der Waals surface area contributed by atoms with Crippen molar-refractivity contribution in [1.82, 2.24) is 15.2 Å². The van der Waals surface area contributed by atoms with Crippen molar-refractivity contribution in [2.24, 2.45) is 5.73 Å². The topological polar surface area (TPSA) is 155 Å². The lowest BCUT2D eigenvalue weighted by molar-refractivity contribution is 0.0998. The van der Waals surface area contributed by atoms with Gasteiger partial charge in [0, 0.05) is 40.9 Å². The molecule has 4 aromatic rings. The molecule has 0 saturated carbocycles. The number of H-pyrrole nitrogens is 1. The number of hydrogen-bond acceptors (Lipinski definition) is 6. The zero-order chi connectivity index (χ0) is 25.3. The smallest absolute Gasteiger partial charge is 0.324 e. The lowest BCUT2D eigenvalue weighted by atomic mass is 9.92. The van der Waals surface area contributed by atoms with Crippen molar-refractivity contribution in [3.05, 3.63) is 64.9 Å². The molecule has 2 heterocycles. The van der Waals surface area contributed by atoms with Crippen molar-refractivity contribution in [1.29, 1.82) is 0 Å². The molecular formula is C24H23ClN6O4. The molecule has 2 aromatic heterocycles. The zero-order valence-corrected chi connectivity index (χ0v) is 19.9.